The summed E-state index contributed by atoms with van der Waals surface area (Å²) < 4.78 is 4.45. The van der Waals surface area contributed by atoms with Crippen LogP contribution in [0.2, 0.25) is 0 Å². The van der Waals surface area contributed by atoms with Gasteiger partial charge in [-0.2, -0.15) is 0 Å². The average molecular weight is 296 g/mol. The van der Waals surface area contributed by atoms with Crippen molar-refractivity contribution in [3.05, 3.63) is 11.9 Å². The van der Waals surface area contributed by atoms with Crippen molar-refractivity contribution in [3.8, 4) is 0 Å². The minimum absolute atomic E-state index is 0.0559. The Balaban J connectivity index is 1.84. The van der Waals surface area contributed by atoms with Gasteiger partial charge in [0.25, 0.3) is 0 Å². The van der Waals surface area contributed by atoms with E-state index in [1.807, 2.05) is 13.2 Å². The van der Waals surface area contributed by atoms with Gasteiger partial charge in [0.05, 0.1) is 7.11 Å². The van der Waals surface area contributed by atoms with Gasteiger partial charge in [-0.1, -0.05) is 0 Å². The van der Waals surface area contributed by atoms with Gasteiger partial charge < -0.3 is 25.6 Å². The number of methoxy groups -OCH3 is 1. The number of carbonyl (C=O) groups excluding carboxylic acids is 2. The zero-order valence-corrected chi connectivity index (χ0v) is 12.9. The largest absolute Gasteiger partial charge is 0.453 e. The summed E-state index contributed by atoms with van der Waals surface area (Å²) in [7, 11) is 3.32. The Bertz CT molecular complexity index is 446. The molecule has 0 aromatic heterocycles. The number of rotatable bonds is 5. The van der Waals surface area contributed by atoms with Crippen LogP contribution in [-0.4, -0.2) is 49.3 Å². The number of amides is 2. The van der Waals surface area contributed by atoms with Gasteiger partial charge in [-0.25, -0.2) is 4.79 Å². The number of carbonyl (C=O) groups is 2. The fraction of sp³-hybridized carbons (Fsp3) is 0.714. The van der Waals surface area contributed by atoms with Crippen LogP contribution in [0.1, 0.15) is 32.6 Å². The van der Waals surface area contributed by atoms with E-state index in [9.17, 15) is 9.59 Å². The lowest BCUT2D eigenvalue weighted by Crippen LogP contribution is -2.59. The molecule has 2 amide bonds. The van der Waals surface area contributed by atoms with E-state index in [0.717, 1.165) is 25.7 Å². The fourth-order valence-electron chi connectivity index (χ4n) is 2.79. The highest BCUT2D eigenvalue weighted by atomic mass is 16.5. The smallest absolute Gasteiger partial charge is 0.407 e. The number of allylic oxidation sites excluding steroid dienone is 1. The quantitative estimate of drug-likeness (QED) is 0.688. The van der Waals surface area contributed by atoms with Crippen LogP contribution in [-0.2, 0) is 9.53 Å². The Labute approximate surface area is 125 Å². The molecule has 1 aliphatic heterocycles. The Morgan fingerprint density at radius 3 is 2.71 bits per heavy atom. The van der Waals surface area contributed by atoms with Crippen molar-refractivity contribution in [1.82, 2.24) is 20.9 Å². The SMILES string of the molecule is COC(=O)NCC(=O)NC1(CC2NC=C(C)N2C)CCC1. The van der Waals surface area contributed by atoms with Gasteiger partial charge in [0, 0.05) is 30.9 Å². The highest BCUT2D eigenvalue weighted by Gasteiger charge is 2.41. The highest BCUT2D eigenvalue weighted by molar-refractivity contribution is 5.82. The second-order valence-corrected chi connectivity index (χ2v) is 5.81. The molecule has 0 bridgehead atoms. The fourth-order valence-corrected chi connectivity index (χ4v) is 2.79. The van der Waals surface area contributed by atoms with Crippen LogP contribution in [0.25, 0.3) is 0 Å². The van der Waals surface area contributed by atoms with Crippen LogP contribution in [0.5, 0.6) is 0 Å². The number of nitrogens with zero attached hydrogens (tertiary/aromatic N) is 1. The molecule has 1 unspecified atom stereocenters. The minimum atomic E-state index is -0.593. The molecule has 1 saturated carbocycles. The number of hydrogen-bond donors (Lipinski definition) is 3. The van der Waals surface area contributed by atoms with E-state index >= 15 is 0 Å². The molecule has 7 heteroatoms. The van der Waals surface area contributed by atoms with E-state index in [4.69, 9.17) is 0 Å². The molecule has 1 atom stereocenters. The zero-order valence-electron chi connectivity index (χ0n) is 12.9. The maximum Gasteiger partial charge on any atom is 0.407 e. The normalized spacial score (nSPS) is 22.7. The molecule has 0 saturated heterocycles. The number of hydrogen-bond acceptors (Lipinski definition) is 5. The van der Waals surface area contributed by atoms with Gasteiger partial charge in [0.15, 0.2) is 0 Å². The van der Waals surface area contributed by atoms with Crippen molar-refractivity contribution in [2.45, 2.75) is 44.3 Å². The van der Waals surface area contributed by atoms with Crippen molar-refractivity contribution < 1.29 is 14.3 Å². The Morgan fingerprint density at radius 1 is 1.52 bits per heavy atom. The van der Waals surface area contributed by atoms with E-state index in [-0.39, 0.29) is 24.2 Å². The van der Waals surface area contributed by atoms with Crippen LogP contribution < -0.4 is 16.0 Å². The monoisotopic (exact) mass is 296 g/mol. The van der Waals surface area contributed by atoms with Crippen LogP contribution in [0.3, 0.4) is 0 Å². The second-order valence-electron chi connectivity index (χ2n) is 5.81. The number of ether oxygens (including phenoxy) is 1. The van der Waals surface area contributed by atoms with Gasteiger partial charge in [0.2, 0.25) is 5.91 Å². The van der Waals surface area contributed by atoms with Gasteiger partial charge in [-0.15, -0.1) is 0 Å². The predicted octanol–water partition coefficient (Wildman–Crippen LogP) is 0.494. The predicted molar refractivity (Wildman–Crippen MR) is 78.2 cm³/mol. The summed E-state index contributed by atoms with van der Waals surface area (Å²) in [6.45, 7) is 2.00. The third-order valence-corrected chi connectivity index (χ3v) is 4.39. The summed E-state index contributed by atoms with van der Waals surface area (Å²) in [6, 6.07) is 0. The lowest BCUT2D eigenvalue weighted by molar-refractivity contribution is -0.123. The van der Waals surface area contributed by atoms with Crippen LogP contribution >= 0.6 is 0 Å². The van der Waals surface area contributed by atoms with E-state index < -0.39 is 6.09 Å². The molecule has 0 radical (unpaired) electrons. The Hall–Kier alpha value is -1.92. The van der Waals surface area contributed by atoms with Crippen molar-refractivity contribution in [2.75, 3.05) is 20.7 Å². The highest BCUT2D eigenvalue weighted by Crippen LogP contribution is 2.37. The molecule has 7 nitrogen and oxygen atoms in total. The minimum Gasteiger partial charge on any atom is -0.453 e. The van der Waals surface area contributed by atoms with E-state index in [2.05, 4.69) is 32.5 Å². The molecule has 3 N–H and O–H groups in total. The summed E-state index contributed by atoms with van der Waals surface area (Å²) in [5.41, 5.74) is 1.02. The molecular formula is C14H24N4O3. The van der Waals surface area contributed by atoms with Crippen molar-refractivity contribution in [2.24, 2.45) is 0 Å². The molecule has 2 aliphatic rings. The van der Waals surface area contributed by atoms with E-state index in [1.165, 1.54) is 12.8 Å². The summed E-state index contributed by atoms with van der Waals surface area (Å²) >= 11 is 0. The second kappa shape index (κ2) is 6.24. The molecule has 0 spiro atoms. The summed E-state index contributed by atoms with van der Waals surface area (Å²) in [5.74, 6) is -0.176. The first-order chi connectivity index (χ1) is 9.96. The van der Waals surface area contributed by atoms with Gasteiger partial charge in [-0.05, 0) is 26.2 Å². The topological polar surface area (TPSA) is 82.7 Å². The first-order valence-electron chi connectivity index (χ1n) is 7.24. The molecule has 1 aliphatic carbocycles. The van der Waals surface area contributed by atoms with Crippen LogP contribution in [0.4, 0.5) is 4.79 Å². The zero-order chi connectivity index (χ0) is 15.5. The molecule has 1 heterocycles. The first-order valence-corrected chi connectivity index (χ1v) is 7.24. The average Bonchev–Trinajstić information content (AvgIpc) is 2.74. The molecular weight excluding hydrogens is 272 g/mol. The number of alkyl carbamates (subject to hydrolysis) is 1. The van der Waals surface area contributed by atoms with E-state index in [1.54, 1.807) is 0 Å². The van der Waals surface area contributed by atoms with Crippen LogP contribution in [0.15, 0.2) is 11.9 Å². The van der Waals surface area contributed by atoms with Gasteiger partial charge in [-0.3, -0.25) is 4.79 Å². The van der Waals surface area contributed by atoms with Crippen molar-refractivity contribution in [1.29, 1.82) is 0 Å². The molecule has 0 aromatic carbocycles. The third kappa shape index (κ3) is 3.59. The van der Waals surface area contributed by atoms with Crippen molar-refractivity contribution >= 4 is 12.0 Å². The summed E-state index contributed by atoms with van der Waals surface area (Å²) in [5, 5.41) is 8.81. The third-order valence-electron chi connectivity index (χ3n) is 4.39. The first kappa shape index (κ1) is 15.5. The molecule has 0 aromatic rings. The van der Waals surface area contributed by atoms with Gasteiger partial charge in [0.1, 0.15) is 12.7 Å². The summed E-state index contributed by atoms with van der Waals surface area (Å²) in [6.07, 6.45) is 5.53. The molecule has 21 heavy (non-hydrogen) atoms. The molecule has 118 valence electrons. The molecule has 1 fully saturated rings. The summed E-state index contributed by atoms with van der Waals surface area (Å²) in [4.78, 5) is 25.1. The van der Waals surface area contributed by atoms with E-state index in [0.29, 0.717) is 0 Å². The number of nitrogens with one attached hydrogen (secondary N) is 3. The maximum atomic E-state index is 12.0. The Morgan fingerprint density at radius 2 is 2.24 bits per heavy atom. The van der Waals surface area contributed by atoms with Gasteiger partial charge >= 0.3 is 6.09 Å². The maximum absolute atomic E-state index is 12.0. The standard InChI is InChI=1S/C14H24N4O3/c1-10-8-15-11(18(10)2)7-14(5-4-6-14)17-12(19)9-16-13(20)21-3/h8,11,15H,4-7,9H2,1-3H3,(H,16,20)(H,17,19). The Kier molecular flexibility index (Phi) is 4.59. The molecule has 2 rings (SSSR count). The lowest BCUT2D eigenvalue weighted by Gasteiger charge is -2.45. The lowest BCUT2D eigenvalue weighted by atomic mass is 9.73. The van der Waals surface area contributed by atoms with Crippen LogP contribution in [0, 0.1) is 0 Å². The van der Waals surface area contributed by atoms with Crippen molar-refractivity contribution in [3.63, 3.8) is 0 Å².